The zero-order chi connectivity index (χ0) is 17.6. The molecule has 0 N–H and O–H groups in total. The maximum absolute atomic E-state index is 13.7. The van der Waals surface area contributed by atoms with Gasteiger partial charge >= 0.3 is 11.9 Å². The van der Waals surface area contributed by atoms with Crippen molar-refractivity contribution in [2.45, 2.75) is 32.8 Å². The highest BCUT2D eigenvalue weighted by atomic mass is 19.1. The Balaban J connectivity index is 3.04. The van der Waals surface area contributed by atoms with Crippen molar-refractivity contribution in [2.24, 2.45) is 0 Å². The van der Waals surface area contributed by atoms with Gasteiger partial charge in [-0.2, -0.15) is 0 Å². The van der Waals surface area contributed by atoms with Crippen LogP contribution in [-0.2, 0) is 19.1 Å². The largest absolute Gasteiger partial charge is 0.494 e. The standard InChI is InChI=1S/C17H21FO5/c1-17(2,3)23-15(19)10-12(16(20)22-5)8-11-6-7-14(21-4)13(18)9-11/h6-9H,10H2,1-5H3. The summed E-state index contributed by atoms with van der Waals surface area (Å²) in [4.78, 5) is 23.7. The SMILES string of the molecule is COC(=O)C(=Cc1ccc(OC)c(F)c1)CC(=O)OC(C)(C)C. The number of carbonyl (C=O) groups excluding carboxylic acids is 2. The van der Waals surface area contributed by atoms with Crippen LogP contribution in [0.4, 0.5) is 4.39 Å². The van der Waals surface area contributed by atoms with E-state index in [0.29, 0.717) is 5.56 Å². The lowest BCUT2D eigenvalue weighted by atomic mass is 10.1. The molecule has 0 aliphatic heterocycles. The van der Waals surface area contributed by atoms with E-state index in [1.54, 1.807) is 26.8 Å². The van der Waals surface area contributed by atoms with E-state index in [1.807, 2.05) is 0 Å². The van der Waals surface area contributed by atoms with Crippen molar-refractivity contribution < 1.29 is 28.2 Å². The molecule has 0 fully saturated rings. The van der Waals surface area contributed by atoms with Crippen molar-refractivity contribution in [1.82, 2.24) is 0 Å². The van der Waals surface area contributed by atoms with Crippen molar-refractivity contribution >= 4 is 18.0 Å². The first-order valence-corrected chi connectivity index (χ1v) is 7.00. The minimum absolute atomic E-state index is 0.0753. The average molecular weight is 324 g/mol. The van der Waals surface area contributed by atoms with Crippen LogP contribution in [0, 0.1) is 5.82 Å². The summed E-state index contributed by atoms with van der Waals surface area (Å²) in [6.45, 7) is 5.18. The van der Waals surface area contributed by atoms with Crippen molar-refractivity contribution in [3.63, 3.8) is 0 Å². The van der Waals surface area contributed by atoms with E-state index in [9.17, 15) is 14.0 Å². The van der Waals surface area contributed by atoms with Crippen LogP contribution in [0.2, 0.25) is 0 Å². The van der Waals surface area contributed by atoms with E-state index in [2.05, 4.69) is 4.74 Å². The molecule has 0 aliphatic carbocycles. The number of esters is 2. The first-order valence-electron chi connectivity index (χ1n) is 7.00. The second kappa shape index (κ2) is 7.76. The van der Waals surface area contributed by atoms with E-state index >= 15 is 0 Å². The maximum atomic E-state index is 13.7. The summed E-state index contributed by atoms with van der Waals surface area (Å²) in [6.07, 6.45) is 1.12. The lowest BCUT2D eigenvalue weighted by molar-refractivity contribution is -0.155. The molecule has 0 amide bonds. The van der Waals surface area contributed by atoms with Crippen LogP contribution >= 0.6 is 0 Å². The molecule has 0 aliphatic rings. The number of rotatable bonds is 5. The maximum Gasteiger partial charge on any atom is 0.334 e. The number of ether oxygens (including phenoxy) is 3. The normalized spacial score (nSPS) is 11.8. The molecule has 0 heterocycles. The summed E-state index contributed by atoms with van der Waals surface area (Å²) in [5.41, 5.74) is -0.177. The van der Waals surface area contributed by atoms with E-state index < -0.39 is 23.4 Å². The first kappa shape index (κ1) is 18.7. The highest BCUT2D eigenvalue weighted by molar-refractivity contribution is 5.98. The molecule has 0 saturated carbocycles. The lowest BCUT2D eigenvalue weighted by Crippen LogP contribution is -2.24. The smallest absolute Gasteiger partial charge is 0.334 e. The second-order valence-electron chi connectivity index (χ2n) is 5.82. The molecule has 0 radical (unpaired) electrons. The van der Waals surface area contributed by atoms with Crippen LogP contribution in [0.5, 0.6) is 5.75 Å². The van der Waals surface area contributed by atoms with Gasteiger partial charge < -0.3 is 14.2 Å². The molecule has 0 spiro atoms. The summed E-state index contributed by atoms with van der Waals surface area (Å²) < 4.78 is 28.4. The average Bonchev–Trinajstić information content (AvgIpc) is 2.44. The van der Waals surface area contributed by atoms with E-state index in [1.165, 1.54) is 32.4 Å². The number of hydrogen-bond donors (Lipinski definition) is 0. The molecule has 0 saturated heterocycles. The van der Waals surface area contributed by atoms with Gasteiger partial charge in [0, 0.05) is 5.57 Å². The van der Waals surface area contributed by atoms with E-state index in [4.69, 9.17) is 9.47 Å². The molecule has 0 aromatic heterocycles. The fourth-order valence-corrected chi connectivity index (χ4v) is 1.82. The van der Waals surface area contributed by atoms with Crippen LogP contribution in [0.25, 0.3) is 6.08 Å². The Hall–Kier alpha value is -2.37. The Labute approximate surface area is 135 Å². The van der Waals surface area contributed by atoms with Crippen molar-refractivity contribution in [1.29, 1.82) is 0 Å². The van der Waals surface area contributed by atoms with Gasteiger partial charge in [0.1, 0.15) is 5.60 Å². The van der Waals surface area contributed by atoms with Crippen molar-refractivity contribution in [3.8, 4) is 5.75 Å². The monoisotopic (exact) mass is 324 g/mol. The van der Waals surface area contributed by atoms with Crippen LogP contribution < -0.4 is 4.74 Å². The number of benzene rings is 1. The third-order valence-corrected chi connectivity index (χ3v) is 2.72. The van der Waals surface area contributed by atoms with Gasteiger partial charge in [-0.3, -0.25) is 4.79 Å². The van der Waals surface area contributed by atoms with Gasteiger partial charge in [-0.25, -0.2) is 9.18 Å². The number of carbonyl (C=O) groups is 2. The third kappa shape index (κ3) is 6.10. The minimum atomic E-state index is -0.674. The molecule has 5 nitrogen and oxygen atoms in total. The molecule has 0 unspecified atom stereocenters. The highest BCUT2D eigenvalue weighted by Crippen LogP contribution is 2.21. The quantitative estimate of drug-likeness (QED) is 0.615. The zero-order valence-corrected chi connectivity index (χ0v) is 13.9. The van der Waals surface area contributed by atoms with Crippen molar-refractivity contribution in [2.75, 3.05) is 14.2 Å². The number of hydrogen-bond acceptors (Lipinski definition) is 5. The zero-order valence-electron chi connectivity index (χ0n) is 13.9. The third-order valence-electron chi connectivity index (χ3n) is 2.72. The predicted octanol–water partition coefficient (Wildman–Crippen LogP) is 3.12. The van der Waals surface area contributed by atoms with Crippen molar-refractivity contribution in [3.05, 3.63) is 35.2 Å². The van der Waals surface area contributed by atoms with Crippen LogP contribution in [0.15, 0.2) is 23.8 Å². The van der Waals surface area contributed by atoms with Crippen LogP contribution in [-0.4, -0.2) is 31.8 Å². The van der Waals surface area contributed by atoms with Gasteiger partial charge in [-0.15, -0.1) is 0 Å². The van der Waals surface area contributed by atoms with Gasteiger partial charge in [0.2, 0.25) is 0 Å². The summed E-state index contributed by atoms with van der Waals surface area (Å²) >= 11 is 0. The van der Waals surface area contributed by atoms with Crippen LogP contribution in [0.3, 0.4) is 0 Å². The predicted molar refractivity (Wildman–Crippen MR) is 83.4 cm³/mol. The highest BCUT2D eigenvalue weighted by Gasteiger charge is 2.21. The molecule has 1 rings (SSSR count). The Bertz CT molecular complexity index is 614. The number of halogens is 1. The van der Waals surface area contributed by atoms with Gasteiger partial charge in [-0.05, 0) is 44.5 Å². The van der Waals surface area contributed by atoms with Gasteiger partial charge in [0.05, 0.1) is 20.6 Å². The summed E-state index contributed by atoms with van der Waals surface area (Å²) in [6, 6.07) is 4.21. The summed E-state index contributed by atoms with van der Waals surface area (Å²) in [7, 11) is 2.57. The molecule has 0 atom stereocenters. The molecule has 23 heavy (non-hydrogen) atoms. The Kier molecular flexibility index (Phi) is 6.30. The molecule has 1 aromatic carbocycles. The molecular formula is C17H21FO5. The Morgan fingerprint density at radius 2 is 1.87 bits per heavy atom. The first-order chi connectivity index (χ1) is 10.7. The molecule has 0 bridgehead atoms. The number of methoxy groups -OCH3 is 2. The van der Waals surface area contributed by atoms with Gasteiger partial charge in [-0.1, -0.05) is 6.07 Å². The summed E-state index contributed by atoms with van der Waals surface area (Å²) in [5, 5.41) is 0. The topological polar surface area (TPSA) is 61.8 Å². The molecule has 1 aromatic rings. The minimum Gasteiger partial charge on any atom is -0.494 e. The van der Waals surface area contributed by atoms with Gasteiger partial charge in [0.25, 0.3) is 0 Å². The molecule has 126 valence electrons. The van der Waals surface area contributed by atoms with Crippen LogP contribution in [0.1, 0.15) is 32.8 Å². The molecule has 6 heteroatoms. The summed E-state index contributed by atoms with van der Waals surface area (Å²) in [5.74, 6) is -1.72. The second-order valence-corrected chi connectivity index (χ2v) is 5.82. The Morgan fingerprint density at radius 3 is 2.35 bits per heavy atom. The lowest BCUT2D eigenvalue weighted by Gasteiger charge is -2.19. The fourth-order valence-electron chi connectivity index (χ4n) is 1.82. The van der Waals surface area contributed by atoms with E-state index in [0.717, 1.165) is 0 Å². The fraction of sp³-hybridized carbons (Fsp3) is 0.412. The Morgan fingerprint density at radius 1 is 1.22 bits per heavy atom. The molecular weight excluding hydrogens is 303 g/mol. The van der Waals surface area contributed by atoms with E-state index in [-0.39, 0.29) is 17.7 Å². The van der Waals surface area contributed by atoms with Gasteiger partial charge in [0.15, 0.2) is 11.6 Å².